The number of carbonyl (C=O) groups excluding carboxylic acids is 1. The van der Waals surface area contributed by atoms with E-state index in [9.17, 15) is 4.79 Å². The molecule has 1 amide bonds. The molecule has 1 atom stereocenters. The number of amides is 1. The third-order valence-electron chi connectivity index (χ3n) is 4.63. The molecule has 1 aliphatic heterocycles. The van der Waals surface area contributed by atoms with Gasteiger partial charge in [0.2, 0.25) is 5.91 Å². The predicted octanol–water partition coefficient (Wildman–Crippen LogP) is 3.26. The first kappa shape index (κ1) is 18.5. The molecule has 2 aromatic rings. The van der Waals surface area contributed by atoms with E-state index in [1.807, 2.05) is 36.5 Å². The molecular weight excluding hydrogens is 324 g/mol. The van der Waals surface area contributed by atoms with Crippen molar-refractivity contribution < 1.29 is 4.79 Å². The van der Waals surface area contributed by atoms with Gasteiger partial charge in [0, 0.05) is 18.8 Å². The number of hydrogen-bond donors (Lipinski definition) is 2. The number of para-hydroxylation sites is 2. The molecule has 130 valence electrons. The van der Waals surface area contributed by atoms with Gasteiger partial charge in [-0.1, -0.05) is 19.1 Å². The summed E-state index contributed by atoms with van der Waals surface area (Å²) in [6.45, 7) is 4.33. The monoisotopic (exact) mass is 348 g/mol. The Morgan fingerprint density at radius 1 is 1.33 bits per heavy atom. The lowest BCUT2D eigenvalue weighted by atomic mass is 9.84. The summed E-state index contributed by atoms with van der Waals surface area (Å²) >= 11 is 0. The summed E-state index contributed by atoms with van der Waals surface area (Å²) in [5.41, 5.74) is 1.69. The molecule has 1 unspecified atom stereocenters. The van der Waals surface area contributed by atoms with Crippen LogP contribution in [0.2, 0.25) is 0 Å². The first-order chi connectivity index (χ1) is 11.2. The molecule has 6 heteroatoms. The van der Waals surface area contributed by atoms with E-state index in [4.69, 9.17) is 0 Å². The van der Waals surface area contributed by atoms with Crippen molar-refractivity contribution in [1.29, 1.82) is 0 Å². The first-order valence-corrected chi connectivity index (χ1v) is 8.33. The molecule has 5 nitrogen and oxygen atoms in total. The van der Waals surface area contributed by atoms with Crippen LogP contribution in [0.1, 0.15) is 26.2 Å². The third-order valence-corrected chi connectivity index (χ3v) is 4.63. The van der Waals surface area contributed by atoms with Crippen molar-refractivity contribution in [3.05, 3.63) is 42.7 Å². The Hall–Kier alpha value is -1.85. The van der Waals surface area contributed by atoms with Crippen LogP contribution in [0, 0.1) is 11.8 Å². The van der Waals surface area contributed by atoms with Gasteiger partial charge in [0.05, 0.1) is 11.4 Å². The highest BCUT2D eigenvalue weighted by atomic mass is 35.5. The highest BCUT2D eigenvalue weighted by Crippen LogP contribution is 2.25. The normalized spacial score (nSPS) is 16.2. The Kier molecular flexibility index (Phi) is 6.82. The maximum absolute atomic E-state index is 12.4. The van der Waals surface area contributed by atoms with E-state index in [2.05, 4.69) is 22.7 Å². The number of aromatic nitrogens is 2. The molecule has 3 rings (SSSR count). The molecule has 1 fully saturated rings. The lowest BCUT2D eigenvalue weighted by molar-refractivity contribution is -0.117. The molecule has 2 heterocycles. The molecule has 0 saturated carbocycles. The number of nitrogens with one attached hydrogen (secondary N) is 2. The van der Waals surface area contributed by atoms with E-state index in [-0.39, 0.29) is 18.3 Å². The number of hydrogen-bond acceptors (Lipinski definition) is 3. The van der Waals surface area contributed by atoms with Crippen LogP contribution in [0.5, 0.6) is 0 Å². The third kappa shape index (κ3) is 4.58. The fourth-order valence-corrected chi connectivity index (χ4v) is 3.26. The molecule has 24 heavy (non-hydrogen) atoms. The maximum atomic E-state index is 12.4. The van der Waals surface area contributed by atoms with E-state index >= 15 is 0 Å². The number of rotatable bonds is 5. The highest BCUT2D eigenvalue weighted by Gasteiger charge is 2.22. The van der Waals surface area contributed by atoms with Crippen LogP contribution in [0.15, 0.2) is 42.7 Å². The van der Waals surface area contributed by atoms with Crippen LogP contribution in [0.4, 0.5) is 5.69 Å². The van der Waals surface area contributed by atoms with Crippen molar-refractivity contribution in [2.75, 3.05) is 18.4 Å². The highest BCUT2D eigenvalue weighted by molar-refractivity contribution is 5.92. The lowest BCUT2D eigenvalue weighted by Gasteiger charge is -2.28. The number of halogens is 1. The molecule has 1 saturated heterocycles. The average Bonchev–Trinajstić information content (AvgIpc) is 3.10. The molecule has 0 bridgehead atoms. The maximum Gasteiger partial charge on any atom is 0.224 e. The number of benzene rings is 1. The van der Waals surface area contributed by atoms with Gasteiger partial charge in [0.1, 0.15) is 0 Å². The minimum atomic E-state index is 0. The van der Waals surface area contributed by atoms with Gasteiger partial charge in [0.25, 0.3) is 0 Å². The van der Waals surface area contributed by atoms with Gasteiger partial charge >= 0.3 is 0 Å². The second-order valence-corrected chi connectivity index (χ2v) is 6.28. The largest absolute Gasteiger partial charge is 0.324 e. The number of nitrogens with zero attached hydrogens (tertiary/aromatic N) is 2. The Morgan fingerprint density at radius 3 is 2.79 bits per heavy atom. The Morgan fingerprint density at radius 2 is 2.08 bits per heavy atom. The smallest absolute Gasteiger partial charge is 0.224 e. The van der Waals surface area contributed by atoms with Crippen molar-refractivity contribution in [3.63, 3.8) is 0 Å². The zero-order valence-corrected chi connectivity index (χ0v) is 14.8. The molecule has 0 aliphatic carbocycles. The predicted molar refractivity (Wildman–Crippen MR) is 98.8 cm³/mol. The van der Waals surface area contributed by atoms with Gasteiger partial charge in [-0.2, -0.15) is 5.10 Å². The quantitative estimate of drug-likeness (QED) is 0.872. The van der Waals surface area contributed by atoms with Crippen LogP contribution in [-0.2, 0) is 4.79 Å². The van der Waals surface area contributed by atoms with Crippen LogP contribution in [0.25, 0.3) is 5.69 Å². The van der Waals surface area contributed by atoms with Crippen molar-refractivity contribution >= 4 is 24.0 Å². The second-order valence-electron chi connectivity index (χ2n) is 6.28. The minimum absolute atomic E-state index is 0. The zero-order chi connectivity index (χ0) is 16.1. The van der Waals surface area contributed by atoms with Gasteiger partial charge in [-0.3, -0.25) is 4.79 Å². The van der Waals surface area contributed by atoms with E-state index < -0.39 is 0 Å². The van der Waals surface area contributed by atoms with Gasteiger partial charge in [-0.15, -0.1) is 12.4 Å². The standard InChI is InChI=1S/C18H24N4O.ClH/c1-14(15-7-10-19-11-8-15)13-18(23)21-16-5-2-3-6-17(16)22-12-4-9-20-22;/h2-6,9,12,14-15,19H,7-8,10-11,13H2,1H3,(H,21,23);1H. The SMILES string of the molecule is CC(CC(=O)Nc1ccccc1-n1cccn1)C1CCNCC1.Cl. The first-order valence-electron chi connectivity index (χ1n) is 8.33. The Labute approximate surface area is 149 Å². The molecule has 2 N–H and O–H groups in total. The summed E-state index contributed by atoms with van der Waals surface area (Å²) in [6, 6.07) is 9.63. The summed E-state index contributed by atoms with van der Waals surface area (Å²) in [6.07, 6.45) is 6.51. The van der Waals surface area contributed by atoms with E-state index in [1.165, 1.54) is 12.8 Å². The van der Waals surface area contributed by atoms with Crippen LogP contribution >= 0.6 is 12.4 Å². The summed E-state index contributed by atoms with van der Waals surface area (Å²) < 4.78 is 1.77. The topological polar surface area (TPSA) is 59.0 Å². The summed E-state index contributed by atoms with van der Waals surface area (Å²) in [5, 5.41) is 10.7. The average molecular weight is 349 g/mol. The second kappa shape index (κ2) is 8.85. The van der Waals surface area contributed by atoms with Gasteiger partial charge in [0.15, 0.2) is 0 Å². The fourth-order valence-electron chi connectivity index (χ4n) is 3.26. The van der Waals surface area contributed by atoms with Crippen LogP contribution < -0.4 is 10.6 Å². The van der Waals surface area contributed by atoms with Crippen molar-refractivity contribution in [2.24, 2.45) is 11.8 Å². The molecule has 0 spiro atoms. The van der Waals surface area contributed by atoms with E-state index in [1.54, 1.807) is 10.9 Å². The van der Waals surface area contributed by atoms with Crippen LogP contribution in [0.3, 0.4) is 0 Å². The molecular formula is C18H25ClN4O. The van der Waals surface area contributed by atoms with E-state index in [0.29, 0.717) is 18.3 Å². The Balaban J connectivity index is 0.00000208. The van der Waals surface area contributed by atoms with Crippen molar-refractivity contribution in [2.45, 2.75) is 26.2 Å². The molecule has 1 aromatic heterocycles. The number of piperidine rings is 1. The summed E-state index contributed by atoms with van der Waals surface area (Å²) in [4.78, 5) is 12.4. The summed E-state index contributed by atoms with van der Waals surface area (Å²) in [7, 11) is 0. The Bertz CT molecular complexity index is 638. The van der Waals surface area contributed by atoms with Gasteiger partial charge in [-0.25, -0.2) is 4.68 Å². The number of anilines is 1. The summed E-state index contributed by atoms with van der Waals surface area (Å²) in [5.74, 6) is 1.13. The minimum Gasteiger partial charge on any atom is -0.324 e. The van der Waals surface area contributed by atoms with Gasteiger partial charge in [-0.05, 0) is 56.0 Å². The van der Waals surface area contributed by atoms with Crippen molar-refractivity contribution in [3.8, 4) is 5.69 Å². The molecule has 1 aliphatic rings. The zero-order valence-electron chi connectivity index (χ0n) is 13.9. The molecule has 0 radical (unpaired) electrons. The lowest BCUT2D eigenvalue weighted by Crippen LogP contribution is -2.32. The van der Waals surface area contributed by atoms with Gasteiger partial charge < -0.3 is 10.6 Å². The van der Waals surface area contributed by atoms with Crippen LogP contribution in [-0.4, -0.2) is 28.8 Å². The molecule has 1 aromatic carbocycles. The number of carbonyl (C=O) groups is 1. The van der Waals surface area contributed by atoms with E-state index in [0.717, 1.165) is 24.5 Å². The van der Waals surface area contributed by atoms with Crippen molar-refractivity contribution in [1.82, 2.24) is 15.1 Å². The fraction of sp³-hybridized carbons (Fsp3) is 0.444.